The molecule has 112 valence electrons. The second-order valence-electron chi connectivity index (χ2n) is 5.45. The molecule has 0 bridgehead atoms. The minimum Gasteiger partial charge on any atom is -0.396 e. The molecule has 1 aliphatic rings. The van der Waals surface area contributed by atoms with Crippen molar-refractivity contribution in [3.8, 4) is 6.07 Å². The maximum absolute atomic E-state index is 12.0. The first-order valence-corrected chi connectivity index (χ1v) is 7.35. The molecule has 0 radical (unpaired) electrons. The molecular weight excluding hydrogens is 266 g/mol. The Morgan fingerprint density at radius 1 is 1.48 bits per heavy atom. The Kier molecular flexibility index (Phi) is 5.73. The number of nitrogens with one attached hydrogen (secondary N) is 1. The van der Waals surface area contributed by atoms with Gasteiger partial charge >= 0.3 is 0 Å². The molecule has 1 heterocycles. The quantitative estimate of drug-likeness (QED) is 0.862. The number of nitriles is 1. The molecule has 2 rings (SSSR count). The summed E-state index contributed by atoms with van der Waals surface area (Å²) in [6, 6.07) is 9.06. The Bertz CT molecular complexity index is 524. The maximum Gasteiger partial charge on any atom is 0.225 e. The molecule has 21 heavy (non-hydrogen) atoms. The lowest BCUT2D eigenvalue weighted by Crippen LogP contribution is -2.38. The molecule has 0 aliphatic carbocycles. The number of aliphatic hydroxyl groups is 1. The Labute approximate surface area is 125 Å². The highest BCUT2D eigenvalue weighted by Gasteiger charge is 2.19. The van der Waals surface area contributed by atoms with Gasteiger partial charge in [-0.25, -0.2) is 0 Å². The Balaban J connectivity index is 1.81. The molecule has 1 aromatic rings. The molecule has 2 N–H and O–H groups in total. The minimum absolute atomic E-state index is 0.0798. The van der Waals surface area contributed by atoms with E-state index in [9.17, 15) is 9.90 Å². The van der Waals surface area contributed by atoms with Crippen molar-refractivity contribution in [3.05, 3.63) is 29.8 Å². The van der Waals surface area contributed by atoms with Crippen LogP contribution in [0.25, 0.3) is 0 Å². The Morgan fingerprint density at radius 3 is 3.05 bits per heavy atom. The number of benzene rings is 1. The van der Waals surface area contributed by atoms with Crippen molar-refractivity contribution >= 4 is 11.6 Å². The van der Waals surface area contributed by atoms with Gasteiger partial charge in [0.2, 0.25) is 5.91 Å². The summed E-state index contributed by atoms with van der Waals surface area (Å²) in [5.74, 6) is 0.255. The van der Waals surface area contributed by atoms with Crippen molar-refractivity contribution in [1.29, 1.82) is 5.26 Å². The van der Waals surface area contributed by atoms with Crippen LogP contribution in [0.4, 0.5) is 5.69 Å². The predicted molar refractivity (Wildman–Crippen MR) is 80.7 cm³/mol. The van der Waals surface area contributed by atoms with Gasteiger partial charge in [-0.05, 0) is 37.4 Å². The fourth-order valence-corrected chi connectivity index (χ4v) is 2.67. The van der Waals surface area contributed by atoms with E-state index >= 15 is 0 Å². The molecule has 5 heteroatoms. The van der Waals surface area contributed by atoms with E-state index in [1.54, 1.807) is 24.3 Å². The number of carbonyl (C=O) groups is 1. The summed E-state index contributed by atoms with van der Waals surface area (Å²) in [6.45, 7) is 2.76. The van der Waals surface area contributed by atoms with Crippen LogP contribution in [0, 0.1) is 17.2 Å². The van der Waals surface area contributed by atoms with Gasteiger partial charge in [-0.1, -0.05) is 12.1 Å². The summed E-state index contributed by atoms with van der Waals surface area (Å²) < 4.78 is 0. The predicted octanol–water partition coefficient (Wildman–Crippen LogP) is 1.59. The van der Waals surface area contributed by atoms with Gasteiger partial charge in [0.15, 0.2) is 0 Å². The first-order valence-electron chi connectivity index (χ1n) is 7.35. The average molecular weight is 287 g/mol. The van der Waals surface area contributed by atoms with E-state index in [4.69, 9.17) is 5.26 Å². The average Bonchev–Trinajstić information content (AvgIpc) is 2.53. The number of anilines is 1. The van der Waals surface area contributed by atoms with Crippen LogP contribution < -0.4 is 5.32 Å². The first kappa shape index (κ1) is 15.5. The van der Waals surface area contributed by atoms with Crippen LogP contribution in [0.5, 0.6) is 0 Å². The summed E-state index contributed by atoms with van der Waals surface area (Å²) in [4.78, 5) is 14.2. The molecule has 1 aliphatic heterocycles. The van der Waals surface area contributed by atoms with Crippen LogP contribution in [0.1, 0.15) is 24.8 Å². The highest BCUT2D eigenvalue weighted by Crippen LogP contribution is 2.17. The van der Waals surface area contributed by atoms with Crippen molar-refractivity contribution in [3.63, 3.8) is 0 Å². The fourth-order valence-electron chi connectivity index (χ4n) is 2.67. The van der Waals surface area contributed by atoms with Crippen molar-refractivity contribution < 1.29 is 9.90 Å². The summed E-state index contributed by atoms with van der Waals surface area (Å²) in [5.41, 5.74) is 1.04. The number of nitrogens with zero attached hydrogens (tertiary/aromatic N) is 2. The third-order valence-corrected chi connectivity index (χ3v) is 3.84. The van der Waals surface area contributed by atoms with Crippen LogP contribution in [-0.2, 0) is 4.79 Å². The lowest BCUT2D eigenvalue weighted by atomic mass is 9.99. The smallest absolute Gasteiger partial charge is 0.225 e. The highest BCUT2D eigenvalue weighted by atomic mass is 16.3. The van der Waals surface area contributed by atoms with Gasteiger partial charge in [-0.3, -0.25) is 4.79 Å². The largest absolute Gasteiger partial charge is 0.396 e. The zero-order chi connectivity index (χ0) is 15.1. The zero-order valence-corrected chi connectivity index (χ0v) is 12.1. The van der Waals surface area contributed by atoms with E-state index in [0.29, 0.717) is 30.1 Å². The standard InChI is InChI=1S/C16H21N3O2/c17-10-14-5-1-2-6-15(14)18-16(21)7-9-19-8-3-4-13(11-19)12-20/h1-2,5-6,13,20H,3-4,7-9,11-12H2,(H,18,21). The number of rotatable bonds is 5. The molecular formula is C16H21N3O2. The normalized spacial score (nSPS) is 19.0. The van der Waals surface area contributed by atoms with Crippen molar-refractivity contribution in [2.24, 2.45) is 5.92 Å². The van der Waals surface area contributed by atoms with Gasteiger partial charge in [-0.2, -0.15) is 5.26 Å². The molecule has 0 saturated carbocycles. The van der Waals surface area contributed by atoms with E-state index in [1.807, 2.05) is 0 Å². The van der Waals surface area contributed by atoms with E-state index in [-0.39, 0.29) is 12.5 Å². The second-order valence-corrected chi connectivity index (χ2v) is 5.45. The number of para-hydroxylation sites is 1. The number of aliphatic hydroxyl groups excluding tert-OH is 1. The third-order valence-electron chi connectivity index (χ3n) is 3.84. The number of likely N-dealkylation sites (tertiary alicyclic amines) is 1. The van der Waals surface area contributed by atoms with Crippen molar-refractivity contribution in [1.82, 2.24) is 4.90 Å². The maximum atomic E-state index is 12.0. The summed E-state index contributed by atoms with van der Waals surface area (Å²) >= 11 is 0. The van der Waals surface area contributed by atoms with Crippen molar-refractivity contribution in [2.45, 2.75) is 19.3 Å². The molecule has 1 amide bonds. The molecule has 1 unspecified atom stereocenters. The van der Waals surface area contributed by atoms with Crippen LogP contribution >= 0.6 is 0 Å². The number of hydrogen-bond acceptors (Lipinski definition) is 4. The van der Waals surface area contributed by atoms with Gasteiger partial charge in [-0.15, -0.1) is 0 Å². The molecule has 1 fully saturated rings. The monoisotopic (exact) mass is 287 g/mol. The topological polar surface area (TPSA) is 76.4 Å². The number of hydrogen-bond donors (Lipinski definition) is 2. The van der Waals surface area contributed by atoms with Gasteiger partial charge in [0, 0.05) is 26.1 Å². The van der Waals surface area contributed by atoms with E-state index in [2.05, 4.69) is 16.3 Å². The van der Waals surface area contributed by atoms with Gasteiger partial charge in [0.05, 0.1) is 11.3 Å². The van der Waals surface area contributed by atoms with E-state index in [1.165, 1.54) is 0 Å². The van der Waals surface area contributed by atoms with Gasteiger partial charge in [0.1, 0.15) is 6.07 Å². The summed E-state index contributed by atoms with van der Waals surface area (Å²) in [5, 5.41) is 21.0. The number of carbonyl (C=O) groups excluding carboxylic acids is 1. The van der Waals surface area contributed by atoms with Gasteiger partial charge < -0.3 is 15.3 Å². The zero-order valence-electron chi connectivity index (χ0n) is 12.1. The second kappa shape index (κ2) is 7.77. The number of amides is 1. The van der Waals surface area contributed by atoms with Crippen LogP contribution in [0.3, 0.4) is 0 Å². The van der Waals surface area contributed by atoms with E-state index in [0.717, 1.165) is 25.9 Å². The van der Waals surface area contributed by atoms with E-state index < -0.39 is 0 Å². The van der Waals surface area contributed by atoms with Crippen LogP contribution in [0.2, 0.25) is 0 Å². The van der Waals surface area contributed by atoms with Crippen LogP contribution in [0.15, 0.2) is 24.3 Å². The van der Waals surface area contributed by atoms with Crippen molar-refractivity contribution in [2.75, 3.05) is 31.6 Å². The molecule has 5 nitrogen and oxygen atoms in total. The molecule has 1 saturated heterocycles. The number of piperidine rings is 1. The molecule has 1 aromatic carbocycles. The Morgan fingerprint density at radius 2 is 2.29 bits per heavy atom. The minimum atomic E-state index is -0.0798. The first-order chi connectivity index (χ1) is 10.2. The summed E-state index contributed by atoms with van der Waals surface area (Å²) in [7, 11) is 0. The summed E-state index contributed by atoms with van der Waals surface area (Å²) in [6.07, 6.45) is 2.54. The van der Waals surface area contributed by atoms with Gasteiger partial charge in [0.25, 0.3) is 0 Å². The highest BCUT2D eigenvalue weighted by molar-refractivity contribution is 5.92. The van der Waals surface area contributed by atoms with Crippen LogP contribution in [-0.4, -0.2) is 42.2 Å². The third kappa shape index (κ3) is 4.55. The Hall–Kier alpha value is -1.90. The lowest BCUT2D eigenvalue weighted by molar-refractivity contribution is -0.116. The SMILES string of the molecule is N#Cc1ccccc1NC(=O)CCN1CCCC(CO)C1. The lowest BCUT2D eigenvalue weighted by Gasteiger charge is -2.31. The molecule has 1 atom stereocenters. The molecule has 0 aromatic heterocycles. The fraction of sp³-hybridized carbons (Fsp3) is 0.500. The molecule has 0 spiro atoms.